The van der Waals surface area contributed by atoms with Gasteiger partial charge in [0.15, 0.2) is 0 Å². The predicted molar refractivity (Wildman–Crippen MR) is 111 cm³/mol. The number of piperazine rings is 1. The molecule has 9 heteroatoms. The van der Waals surface area contributed by atoms with Crippen molar-refractivity contribution < 1.29 is 18.8 Å². The van der Waals surface area contributed by atoms with Crippen molar-refractivity contribution in [2.45, 2.75) is 0 Å². The lowest BCUT2D eigenvalue weighted by Gasteiger charge is -2.37. The predicted octanol–water partition coefficient (Wildman–Crippen LogP) is 2.53. The molecule has 1 amide bonds. The van der Waals surface area contributed by atoms with Crippen molar-refractivity contribution in [1.29, 1.82) is 0 Å². The van der Waals surface area contributed by atoms with E-state index < -0.39 is 4.92 Å². The number of carbonyl (C=O) groups excluding carboxylic acids is 1. The van der Waals surface area contributed by atoms with Gasteiger partial charge in [-0.1, -0.05) is 12.1 Å². The van der Waals surface area contributed by atoms with Crippen LogP contribution >= 0.6 is 0 Å². The van der Waals surface area contributed by atoms with Crippen LogP contribution in [0.2, 0.25) is 0 Å². The molecule has 0 N–H and O–H groups in total. The molecule has 0 spiro atoms. The SMILES string of the molecule is O=C(c1ccc(N2CCN(c3ccccc3F)CC2)c([N+](=O)[O-])c1)N1CCOCC1. The molecule has 2 fully saturated rings. The average molecular weight is 414 g/mol. The zero-order valence-corrected chi connectivity index (χ0v) is 16.5. The largest absolute Gasteiger partial charge is 0.378 e. The fourth-order valence-electron chi connectivity index (χ4n) is 3.92. The number of anilines is 2. The van der Waals surface area contributed by atoms with Crippen LogP contribution in [0.15, 0.2) is 42.5 Å². The van der Waals surface area contributed by atoms with Crippen molar-refractivity contribution in [3.63, 3.8) is 0 Å². The van der Waals surface area contributed by atoms with Crippen LogP contribution in [-0.4, -0.2) is 68.2 Å². The topological polar surface area (TPSA) is 79.2 Å². The van der Waals surface area contributed by atoms with E-state index in [9.17, 15) is 19.3 Å². The highest BCUT2D eigenvalue weighted by Crippen LogP contribution is 2.31. The molecule has 0 radical (unpaired) electrons. The van der Waals surface area contributed by atoms with E-state index in [4.69, 9.17) is 4.74 Å². The standard InChI is InChI=1S/C21H23FN4O4/c22-17-3-1-2-4-18(17)23-7-9-24(10-8-23)19-6-5-16(15-20(19)26(28)29)21(27)25-11-13-30-14-12-25/h1-6,15H,7-14H2. The van der Waals surface area contributed by atoms with Crippen LogP contribution in [0.25, 0.3) is 0 Å². The van der Waals surface area contributed by atoms with Gasteiger partial charge in [-0.05, 0) is 24.3 Å². The second kappa shape index (κ2) is 8.66. The van der Waals surface area contributed by atoms with E-state index >= 15 is 0 Å². The van der Waals surface area contributed by atoms with Gasteiger partial charge in [-0.15, -0.1) is 0 Å². The van der Waals surface area contributed by atoms with Gasteiger partial charge in [-0.2, -0.15) is 0 Å². The third kappa shape index (κ3) is 4.06. The Morgan fingerprint density at radius 1 is 0.933 bits per heavy atom. The van der Waals surface area contributed by atoms with Gasteiger partial charge in [-0.25, -0.2) is 4.39 Å². The number of hydrogen-bond acceptors (Lipinski definition) is 6. The maximum absolute atomic E-state index is 14.0. The first kappa shape index (κ1) is 20.1. The molecule has 158 valence electrons. The minimum Gasteiger partial charge on any atom is -0.378 e. The summed E-state index contributed by atoms with van der Waals surface area (Å²) in [6.45, 7) is 4.03. The van der Waals surface area contributed by atoms with E-state index in [2.05, 4.69) is 0 Å². The van der Waals surface area contributed by atoms with E-state index in [1.165, 1.54) is 12.1 Å². The second-order valence-electron chi connectivity index (χ2n) is 7.29. The quantitative estimate of drug-likeness (QED) is 0.565. The molecule has 8 nitrogen and oxygen atoms in total. The van der Waals surface area contributed by atoms with E-state index in [0.29, 0.717) is 69.4 Å². The van der Waals surface area contributed by atoms with Gasteiger partial charge in [0, 0.05) is 50.9 Å². The molecule has 0 aromatic heterocycles. The monoisotopic (exact) mass is 414 g/mol. The Bertz CT molecular complexity index is 940. The molecule has 2 aliphatic rings. The summed E-state index contributed by atoms with van der Waals surface area (Å²) in [6, 6.07) is 11.2. The number of para-hydroxylation sites is 1. The van der Waals surface area contributed by atoms with Crippen molar-refractivity contribution in [3.05, 3.63) is 64.0 Å². The molecule has 2 aromatic rings. The Hall–Kier alpha value is -3.20. The molecular weight excluding hydrogens is 391 g/mol. The maximum Gasteiger partial charge on any atom is 0.293 e. The number of nitrogens with zero attached hydrogens (tertiary/aromatic N) is 4. The summed E-state index contributed by atoms with van der Waals surface area (Å²) in [5.74, 6) is -0.500. The van der Waals surface area contributed by atoms with E-state index in [-0.39, 0.29) is 17.4 Å². The molecule has 0 unspecified atom stereocenters. The number of halogens is 1. The van der Waals surface area contributed by atoms with Crippen molar-refractivity contribution >= 4 is 23.0 Å². The third-order valence-corrected chi connectivity index (χ3v) is 5.53. The fourth-order valence-corrected chi connectivity index (χ4v) is 3.92. The Balaban J connectivity index is 1.51. The van der Waals surface area contributed by atoms with Gasteiger partial charge in [-0.3, -0.25) is 14.9 Å². The summed E-state index contributed by atoms with van der Waals surface area (Å²) in [7, 11) is 0. The number of nitro groups is 1. The molecule has 0 saturated carbocycles. The van der Waals surface area contributed by atoms with Crippen LogP contribution in [0.3, 0.4) is 0 Å². The Kier molecular flexibility index (Phi) is 5.80. The third-order valence-electron chi connectivity index (χ3n) is 5.53. The molecule has 0 bridgehead atoms. The van der Waals surface area contributed by atoms with Gasteiger partial charge in [0.1, 0.15) is 11.5 Å². The Labute approximate surface area is 173 Å². The summed E-state index contributed by atoms with van der Waals surface area (Å²) in [6.07, 6.45) is 0. The van der Waals surface area contributed by atoms with Gasteiger partial charge in [0.05, 0.1) is 23.8 Å². The van der Waals surface area contributed by atoms with Gasteiger partial charge >= 0.3 is 0 Å². The van der Waals surface area contributed by atoms with E-state index in [1.807, 2.05) is 9.80 Å². The summed E-state index contributed by atoms with van der Waals surface area (Å²) < 4.78 is 19.3. The summed E-state index contributed by atoms with van der Waals surface area (Å²) >= 11 is 0. The van der Waals surface area contributed by atoms with Crippen LogP contribution < -0.4 is 9.80 Å². The number of benzene rings is 2. The highest BCUT2D eigenvalue weighted by molar-refractivity contribution is 5.96. The van der Waals surface area contributed by atoms with Crippen LogP contribution in [0, 0.1) is 15.9 Å². The molecule has 2 aliphatic heterocycles. The molecule has 30 heavy (non-hydrogen) atoms. The fraction of sp³-hybridized carbons (Fsp3) is 0.381. The van der Waals surface area contributed by atoms with Crippen LogP contribution in [0.1, 0.15) is 10.4 Å². The van der Waals surface area contributed by atoms with Crippen LogP contribution in [0.5, 0.6) is 0 Å². The van der Waals surface area contributed by atoms with Gasteiger partial charge in [0.25, 0.3) is 11.6 Å². The number of carbonyl (C=O) groups is 1. The molecular formula is C21H23FN4O4. The second-order valence-corrected chi connectivity index (χ2v) is 7.29. The number of hydrogen-bond donors (Lipinski definition) is 0. The lowest BCUT2D eigenvalue weighted by atomic mass is 10.1. The van der Waals surface area contributed by atoms with Gasteiger partial charge in [0.2, 0.25) is 0 Å². The van der Waals surface area contributed by atoms with Crippen molar-refractivity contribution in [2.75, 3.05) is 62.3 Å². The highest BCUT2D eigenvalue weighted by atomic mass is 19.1. The first-order valence-electron chi connectivity index (χ1n) is 9.94. The summed E-state index contributed by atoms with van der Waals surface area (Å²) in [5.41, 5.74) is 1.23. The van der Waals surface area contributed by atoms with E-state index in [1.54, 1.807) is 35.2 Å². The number of rotatable bonds is 4. The zero-order chi connectivity index (χ0) is 21.1. The zero-order valence-electron chi connectivity index (χ0n) is 16.5. The normalized spacial score (nSPS) is 17.2. The van der Waals surface area contributed by atoms with Crippen LogP contribution in [0.4, 0.5) is 21.5 Å². The molecule has 0 atom stereocenters. The smallest absolute Gasteiger partial charge is 0.293 e. The Morgan fingerprint density at radius 2 is 1.57 bits per heavy atom. The van der Waals surface area contributed by atoms with Crippen molar-refractivity contribution in [3.8, 4) is 0 Å². The number of ether oxygens (including phenoxy) is 1. The molecule has 2 heterocycles. The lowest BCUT2D eigenvalue weighted by molar-refractivity contribution is -0.384. The highest BCUT2D eigenvalue weighted by Gasteiger charge is 2.27. The van der Waals surface area contributed by atoms with Crippen LogP contribution in [-0.2, 0) is 4.74 Å². The molecule has 2 saturated heterocycles. The minimum absolute atomic E-state index is 0.0894. The first-order valence-corrected chi connectivity index (χ1v) is 9.94. The Morgan fingerprint density at radius 3 is 2.20 bits per heavy atom. The number of amides is 1. The minimum atomic E-state index is -0.450. The molecule has 4 rings (SSSR count). The first-order chi connectivity index (χ1) is 14.5. The molecule has 0 aliphatic carbocycles. The lowest BCUT2D eigenvalue weighted by Crippen LogP contribution is -2.47. The average Bonchev–Trinajstić information content (AvgIpc) is 2.79. The van der Waals surface area contributed by atoms with E-state index in [0.717, 1.165) is 0 Å². The molecule has 2 aromatic carbocycles. The van der Waals surface area contributed by atoms with Gasteiger partial charge < -0.3 is 19.4 Å². The summed E-state index contributed by atoms with van der Waals surface area (Å²) in [5, 5.41) is 11.7. The summed E-state index contributed by atoms with van der Waals surface area (Å²) in [4.78, 5) is 29.5. The van der Waals surface area contributed by atoms with Crippen molar-refractivity contribution in [2.24, 2.45) is 0 Å². The number of nitro benzene ring substituents is 1. The maximum atomic E-state index is 14.0. The van der Waals surface area contributed by atoms with Crippen molar-refractivity contribution in [1.82, 2.24) is 4.90 Å². The number of morpholine rings is 1.